The maximum absolute atomic E-state index is 11.6. The normalized spacial score (nSPS) is 15.8. The summed E-state index contributed by atoms with van der Waals surface area (Å²) in [6.07, 6.45) is 2.66. The number of aromatic nitrogens is 1. The van der Waals surface area contributed by atoms with Crippen molar-refractivity contribution < 1.29 is 4.79 Å². The summed E-state index contributed by atoms with van der Waals surface area (Å²) in [5.41, 5.74) is 2.82. The molecule has 0 saturated heterocycles. The number of amides is 1. The molecule has 0 aromatic carbocycles. The van der Waals surface area contributed by atoms with E-state index in [0.29, 0.717) is 5.69 Å². The SMILES string of the molecule is Cc1cnc2c(c1)CCN(I)C2=O. The average Bonchev–Trinajstić information content (AvgIpc) is 2.12. The quantitative estimate of drug-likeness (QED) is 0.538. The number of pyridine rings is 1. The maximum Gasteiger partial charge on any atom is 0.281 e. The van der Waals surface area contributed by atoms with E-state index in [4.69, 9.17) is 0 Å². The van der Waals surface area contributed by atoms with Crippen molar-refractivity contribution >= 4 is 28.8 Å². The minimum Gasteiger partial charge on any atom is -0.279 e. The van der Waals surface area contributed by atoms with Crippen LogP contribution in [0.15, 0.2) is 12.3 Å². The van der Waals surface area contributed by atoms with Gasteiger partial charge in [0.15, 0.2) is 0 Å². The summed E-state index contributed by atoms with van der Waals surface area (Å²) in [5, 5.41) is 0. The van der Waals surface area contributed by atoms with Gasteiger partial charge in [0.1, 0.15) is 5.69 Å². The van der Waals surface area contributed by atoms with Crippen LogP contribution in [0.4, 0.5) is 0 Å². The molecule has 0 saturated carbocycles. The van der Waals surface area contributed by atoms with Crippen molar-refractivity contribution in [2.45, 2.75) is 13.3 Å². The number of hydrogen-bond acceptors (Lipinski definition) is 2. The predicted molar refractivity (Wildman–Crippen MR) is 57.7 cm³/mol. The zero-order chi connectivity index (χ0) is 9.42. The number of hydrogen-bond donors (Lipinski definition) is 0. The van der Waals surface area contributed by atoms with Crippen molar-refractivity contribution in [3.63, 3.8) is 0 Å². The Labute approximate surface area is 90.6 Å². The van der Waals surface area contributed by atoms with Gasteiger partial charge in [0.25, 0.3) is 5.91 Å². The average molecular weight is 288 g/mol. The van der Waals surface area contributed by atoms with Crippen LogP contribution in [0.5, 0.6) is 0 Å². The fourth-order valence-electron chi connectivity index (χ4n) is 1.45. The molecular weight excluding hydrogens is 279 g/mol. The number of halogens is 1. The molecule has 1 aromatic heterocycles. The van der Waals surface area contributed by atoms with Crippen LogP contribution in [0, 0.1) is 6.92 Å². The summed E-state index contributed by atoms with van der Waals surface area (Å²) < 4.78 is 1.68. The van der Waals surface area contributed by atoms with E-state index in [9.17, 15) is 4.79 Å². The van der Waals surface area contributed by atoms with Crippen LogP contribution < -0.4 is 0 Å². The van der Waals surface area contributed by atoms with Gasteiger partial charge in [0.05, 0.1) is 22.9 Å². The first-order valence-electron chi connectivity index (χ1n) is 4.11. The number of nitrogens with zero attached hydrogens (tertiary/aromatic N) is 2. The summed E-state index contributed by atoms with van der Waals surface area (Å²) >= 11 is 2.03. The lowest BCUT2D eigenvalue weighted by atomic mass is 10.0. The van der Waals surface area contributed by atoms with Crippen LogP contribution in [-0.2, 0) is 6.42 Å². The van der Waals surface area contributed by atoms with Crippen LogP contribution in [0.3, 0.4) is 0 Å². The summed E-state index contributed by atoms with van der Waals surface area (Å²) in [5.74, 6) is 0.0295. The molecule has 0 spiro atoms. The lowest BCUT2D eigenvalue weighted by molar-refractivity contribution is 0.0872. The highest BCUT2D eigenvalue weighted by molar-refractivity contribution is 14.1. The molecule has 2 rings (SSSR count). The Morgan fingerprint density at radius 1 is 1.62 bits per heavy atom. The van der Waals surface area contributed by atoms with E-state index in [2.05, 4.69) is 4.98 Å². The van der Waals surface area contributed by atoms with Crippen LogP contribution in [0.1, 0.15) is 21.6 Å². The van der Waals surface area contributed by atoms with Crippen molar-refractivity contribution in [2.75, 3.05) is 6.54 Å². The van der Waals surface area contributed by atoms with Gasteiger partial charge in [-0.2, -0.15) is 0 Å². The van der Waals surface area contributed by atoms with Gasteiger partial charge in [-0.05, 0) is 24.5 Å². The van der Waals surface area contributed by atoms with Crippen LogP contribution in [0.25, 0.3) is 0 Å². The highest BCUT2D eigenvalue weighted by Crippen LogP contribution is 2.19. The van der Waals surface area contributed by atoms with Crippen molar-refractivity contribution in [1.29, 1.82) is 0 Å². The van der Waals surface area contributed by atoms with Crippen LogP contribution >= 0.6 is 22.9 Å². The Morgan fingerprint density at radius 3 is 3.15 bits per heavy atom. The molecule has 0 atom stereocenters. The third kappa shape index (κ3) is 1.54. The lowest BCUT2D eigenvalue weighted by Crippen LogP contribution is -2.30. The van der Waals surface area contributed by atoms with E-state index >= 15 is 0 Å². The fraction of sp³-hybridized carbons (Fsp3) is 0.333. The Kier molecular flexibility index (Phi) is 2.23. The molecule has 2 heterocycles. The molecule has 1 aliphatic rings. The minimum absolute atomic E-state index is 0.0295. The Balaban J connectivity index is 2.50. The van der Waals surface area contributed by atoms with E-state index in [0.717, 1.165) is 24.1 Å². The molecule has 0 N–H and O–H groups in total. The first kappa shape index (κ1) is 8.93. The van der Waals surface area contributed by atoms with Crippen molar-refractivity contribution in [3.05, 3.63) is 29.1 Å². The monoisotopic (exact) mass is 288 g/mol. The van der Waals surface area contributed by atoms with E-state index in [-0.39, 0.29) is 5.91 Å². The highest BCUT2D eigenvalue weighted by atomic mass is 127. The summed E-state index contributed by atoms with van der Waals surface area (Å²) in [7, 11) is 0. The number of aryl methyl sites for hydroxylation is 1. The number of carbonyl (C=O) groups excluding carboxylic acids is 1. The maximum atomic E-state index is 11.6. The third-order valence-corrected chi connectivity index (χ3v) is 3.02. The Morgan fingerprint density at radius 2 is 2.38 bits per heavy atom. The molecule has 0 fully saturated rings. The third-order valence-electron chi connectivity index (χ3n) is 2.10. The molecule has 1 amide bonds. The van der Waals surface area contributed by atoms with Crippen molar-refractivity contribution in [2.24, 2.45) is 0 Å². The number of fused-ring (bicyclic) bond motifs is 1. The second-order valence-corrected chi connectivity index (χ2v) is 4.33. The molecule has 0 aliphatic carbocycles. The van der Waals surface area contributed by atoms with E-state index in [1.165, 1.54) is 0 Å². The van der Waals surface area contributed by atoms with Crippen LogP contribution in [-0.4, -0.2) is 20.5 Å². The van der Waals surface area contributed by atoms with E-state index in [1.807, 2.05) is 35.9 Å². The van der Waals surface area contributed by atoms with Gasteiger partial charge in [-0.15, -0.1) is 0 Å². The molecule has 0 bridgehead atoms. The number of carbonyl (C=O) groups is 1. The molecular formula is C9H9IN2O. The smallest absolute Gasteiger partial charge is 0.279 e. The van der Waals surface area contributed by atoms with Gasteiger partial charge in [-0.25, -0.2) is 0 Å². The zero-order valence-electron chi connectivity index (χ0n) is 7.25. The molecule has 4 heteroatoms. The Hall–Kier alpha value is -0.650. The molecule has 13 heavy (non-hydrogen) atoms. The van der Waals surface area contributed by atoms with Crippen LogP contribution in [0.2, 0.25) is 0 Å². The van der Waals surface area contributed by atoms with Gasteiger partial charge in [0, 0.05) is 12.7 Å². The van der Waals surface area contributed by atoms with Crippen molar-refractivity contribution in [1.82, 2.24) is 8.10 Å². The van der Waals surface area contributed by atoms with Gasteiger partial charge in [-0.1, -0.05) is 6.07 Å². The second kappa shape index (κ2) is 3.25. The lowest BCUT2D eigenvalue weighted by Gasteiger charge is -2.21. The zero-order valence-corrected chi connectivity index (χ0v) is 9.41. The summed E-state index contributed by atoms with van der Waals surface area (Å²) in [6, 6.07) is 2.05. The largest absolute Gasteiger partial charge is 0.281 e. The van der Waals surface area contributed by atoms with Gasteiger partial charge in [0.2, 0.25) is 0 Å². The molecule has 3 nitrogen and oxygen atoms in total. The molecule has 68 valence electrons. The topological polar surface area (TPSA) is 33.2 Å². The molecule has 1 aliphatic heterocycles. The molecule has 0 unspecified atom stereocenters. The summed E-state index contributed by atoms with van der Waals surface area (Å²) in [4.78, 5) is 15.7. The van der Waals surface area contributed by atoms with Gasteiger partial charge >= 0.3 is 0 Å². The molecule has 1 aromatic rings. The predicted octanol–water partition coefficient (Wildman–Crippen LogP) is 1.74. The Bertz CT molecular complexity index is 365. The van der Waals surface area contributed by atoms with E-state index in [1.54, 1.807) is 9.31 Å². The number of rotatable bonds is 0. The fourth-order valence-corrected chi connectivity index (χ4v) is 1.92. The minimum atomic E-state index is 0.0295. The van der Waals surface area contributed by atoms with Gasteiger partial charge < -0.3 is 0 Å². The van der Waals surface area contributed by atoms with Gasteiger partial charge in [-0.3, -0.25) is 12.9 Å². The first-order chi connectivity index (χ1) is 6.18. The van der Waals surface area contributed by atoms with E-state index < -0.39 is 0 Å². The molecule has 0 radical (unpaired) electrons. The second-order valence-electron chi connectivity index (χ2n) is 3.16. The first-order valence-corrected chi connectivity index (χ1v) is 5.08. The summed E-state index contributed by atoms with van der Waals surface area (Å²) in [6.45, 7) is 2.78. The standard InChI is InChI=1S/C9H9IN2O/c1-6-4-7-2-3-12(10)9(13)8(7)11-5-6/h4-5H,2-3H2,1H3. The highest BCUT2D eigenvalue weighted by Gasteiger charge is 2.23. The van der Waals surface area contributed by atoms with Crippen molar-refractivity contribution in [3.8, 4) is 0 Å².